The molecule has 2 aromatic heterocycles. The fourth-order valence-electron chi connectivity index (χ4n) is 2.45. The number of likely N-dealkylation sites (N-methyl/N-ethyl adjacent to an activating group) is 1. The van der Waals surface area contributed by atoms with Gasteiger partial charge in [0.25, 0.3) is 0 Å². The molecule has 0 spiro atoms. The molecule has 0 aliphatic carbocycles. The molecule has 0 saturated heterocycles. The topological polar surface area (TPSA) is 99.9 Å². The summed E-state index contributed by atoms with van der Waals surface area (Å²) in [6, 6.07) is 4.30. The van der Waals surface area contributed by atoms with Gasteiger partial charge in [-0.2, -0.15) is 18.2 Å². The predicted molar refractivity (Wildman–Crippen MR) is 89.7 cm³/mol. The molecule has 27 heavy (non-hydrogen) atoms. The number of alkyl halides is 3. The summed E-state index contributed by atoms with van der Waals surface area (Å²) in [4.78, 5) is 23.7. The highest BCUT2D eigenvalue weighted by Gasteiger charge is 2.34. The molecule has 0 aliphatic rings. The van der Waals surface area contributed by atoms with Crippen molar-refractivity contribution < 1.29 is 22.5 Å². The van der Waals surface area contributed by atoms with Crippen molar-refractivity contribution in [3.63, 3.8) is 0 Å². The molecule has 3 aromatic rings. The number of aromatic amines is 1. The number of hydrogen-bond donors (Lipinski definition) is 2. The molecule has 0 fully saturated rings. The minimum Gasteiger partial charge on any atom is -0.338 e. The molecule has 1 aromatic carbocycles. The van der Waals surface area contributed by atoms with Gasteiger partial charge in [-0.1, -0.05) is 12.1 Å². The van der Waals surface area contributed by atoms with Crippen molar-refractivity contribution in [1.82, 2.24) is 25.0 Å². The Balaban J connectivity index is 1.61. The van der Waals surface area contributed by atoms with E-state index < -0.39 is 12.0 Å². The maximum atomic E-state index is 12.7. The van der Waals surface area contributed by atoms with Crippen LogP contribution >= 0.6 is 0 Å². The lowest BCUT2D eigenvalue weighted by Gasteiger charge is -2.13. The van der Waals surface area contributed by atoms with E-state index in [2.05, 4.69) is 25.4 Å². The summed E-state index contributed by atoms with van der Waals surface area (Å²) in [6.07, 6.45) is -3.91. The lowest BCUT2D eigenvalue weighted by atomic mass is 10.2. The van der Waals surface area contributed by atoms with Gasteiger partial charge < -0.3 is 14.8 Å². The number of aryl methyl sites for hydroxylation is 1. The summed E-state index contributed by atoms with van der Waals surface area (Å²) in [7, 11) is 1.71. The van der Waals surface area contributed by atoms with Crippen LogP contribution in [0.25, 0.3) is 11.0 Å². The standard InChI is InChI=1S/C16H17F3N6O2/c1-3-12-23-14(27-24-12)8-25(2)7-13(26)20-9-4-5-10-11(6-9)22-15(21-10)16(17,18)19/h4-6H,3,7-8H2,1-2H3,(H,20,26)(H,21,22). The zero-order valence-electron chi connectivity index (χ0n) is 14.6. The molecule has 11 heteroatoms. The summed E-state index contributed by atoms with van der Waals surface area (Å²) in [6.45, 7) is 2.24. The van der Waals surface area contributed by atoms with Gasteiger partial charge in [0.05, 0.1) is 24.1 Å². The van der Waals surface area contributed by atoms with Crippen molar-refractivity contribution in [2.24, 2.45) is 0 Å². The molecule has 1 amide bonds. The predicted octanol–water partition coefficient (Wildman–Crippen LogP) is 2.60. The second-order valence-corrected chi connectivity index (χ2v) is 5.99. The van der Waals surface area contributed by atoms with Gasteiger partial charge in [0.2, 0.25) is 17.6 Å². The molecular formula is C16H17F3N6O2. The summed E-state index contributed by atoms with van der Waals surface area (Å²) in [5, 5.41) is 6.42. The fourth-order valence-corrected chi connectivity index (χ4v) is 2.45. The van der Waals surface area contributed by atoms with E-state index in [0.717, 1.165) is 0 Å². The second kappa shape index (κ2) is 7.35. The van der Waals surface area contributed by atoms with Crippen molar-refractivity contribution in [3.8, 4) is 0 Å². The van der Waals surface area contributed by atoms with Gasteiger partial charge in [-0.05, 0) is 25.2 Å². The number of halogens is 3. The maximum absolute atomic E-state index is 12.7. The van der Waals surface area contributed by atoms with Crippen LogP contribution in [0.5, 0.6) is 0 Å². The second-order valence-electron chi connectivity index (χ2n) is 5.99. The zero-order chi connectivity index (χ0) is 19.6. The SMILES string of the molecule is CCc1noc(CN(C)CC(=O)Nc2ccc3nc(C(F)(F)F)[nH]c3c2)n1. The van der Waals surface area contributed by atoms with Crippen LogP contribution in [0.4, 0.5) is 18.9 Å². The largest absolute Gasteiger partial charge is 0.449 e. The van der Waals surface area contributed by atoms with Crippen molar-refractivity contribution >= 4 is 22.6 Å². The Bertz CT molecular complexity index is 949. The van der Waals surface area contributed by atoms with E-state index in [1.165, 1.54) is 18.2 Å². The molecule has 2 heterocycles. The van der Waals surface area contributed by atoms with Gasteiger partial charge in [-0.15, -0.1) is 0 Å². The van der Waals surface area contributed by atoms with Gasteiger partial charge in [0, 0.05) is 12.1 Å². The number of aromatic nitrogens is 4. The molecule has 144 valence electrons. The minimum absolute atomic E-state index is 0.0403. The Morgan fingerprint density at radius 1 is 1.33 bits per heavy atom. The fraction of sp³-hybridized carbons (Fsp3) is 0.375. The Morgan fingerprint density at radius 3 is 2.78 bits per heavy atom. The third-order valence-corrected chi connectivity index (χ3v) is 3.68. The van der Waals surface area contributed by atoms with E-state index in [1.807, 2.05) is 6.92 Å². The molecule has 0 radical (unpaired) electrons. The first-order chi connectivity index (χ1) is 12.7. The number of fused-ring (bicyclic) bond motifs is 1. The third-order valence-electron chi connectivity index (χ3n) is 3.68. The van der Waals surface area contributed by atoms with Crippen LogP contribution in [-0.4, -0.2) is 44.5 Å². The lowest BCUT2D eigenvalue weighted by Crippen LogP contribution is -2.29. The normalized spacial score (nSPS) is 12.1. The van der Waals surface area contributed by atoms with Crippen molar-refractivity contribution in [3.05, 3.63) is 35.7 Å². The Labute approximate surface area is 151 Å². The number of H-pyrrole nitrogens is 1. The molecular weight excluding hydrogens is 365 g/mol. The van der Waals surface area contributed by atoms with E-state index in [4.69, 9.17) is 4.52 Å². The first-order valence-corrected chi connectivity index (χ1v) is 8.11. The summed E-state index contributed by atoms with van der Waals surface area (Å²) >= 11 is 0. The number of hydrogen-bond acceptors (Lipinski definition) is 6. The molecule has 0 atom stereocenters. The molecule has 0 unspecified atom stereocenters. The van der Waals surface area contributed by atoms with Crippen molar-refractivity contribution in [1.29, 1.82) is 0 Å². The highest BCUT2D eigenvalue weighted by atomic mass is 19.4. The average Bonchev–Trinajstić information content (AvgIpc) is 3.20. The number of imidazole rings is 1. The van der Waals surface area contributed by atoms with Gasteiger partial charge in [-0.3, -0.25) is 9.69 Å². The first kappa shape index (κ1) is 18.8. The number of nitrogens with one attached hydrogen (secondary N) is 2. The number of rotatable bonds is 6. The number of benzene rings is 1. The van der Waals surface area contributed by atoms with Crippen LogP contribution in [0.2, 0.25) is 0 Å². The summed E-state index contributed by atoms with van der Waals surface area (Å²) in [5.41, 5.74) is 0.719. The number of carbonyl (C=O) groups excluding carboxylic acids is 1. The van der Waals surface area contributed by atoms with Gasteiger partial charge in [-0.25, -0.2) is 4.98 Å². The van der Waals surface area contributed by atoms with Crippen LogP contribution in [0.3, 0.4) is 0 Å². The van der Waals surface area contributed by atoms with Gasteiger partial charge in [0.1, 0.15) is 0 Å². The lowest BCUT2D eigenvalue weighted by molar-refractivity contribution is -0.144. The summed E-state index contributed by atoms with van der Waals surface area (Å²) in [5.74, 6) is -0.413. The number of carbonyl (C=O) groups is 1. The quantitative estimate of drug-likeness (QED) is 0.680. The van der Waals surface area contributed by atoms with Gasteiger partial charge in [0.15, 0.2) is 5.82 Å². The van der Waals surface area contributed by atoms with E-state index in [0.29, 0.717) is 30.4 Å². The maximum Gasteiger partial charge on any atom is 0.449 e. The summed E-state index contributed by atoms with van der Waals surface area (Å²) < 4.78 is 43.2. The van der Waals surface area contributed by atoms with Crippen LogP contribution in [0.15, 0.2) is 22.7 Å². The first-order valence-electron chi connectivity index (χ1n) is 8.11. The van der Waals surface area contributed by atoms with E-state index in [-0.39, 0.29) is 23.5 Å². The van der Waals surface area contributed by atoms with Crippen molar-refractivity contribution in [2.45, 2.75) is 26.1 Å². The number of anilines is 1. The van der Waals surface area contributed by atoms with E-state index in [9.17, 15) is 18.0 Å². The highest BCUT2D eigenvalue weighted by Crippen LogP contribution is 2.29. The van der Waals surface area contributed by atoms with Crippen LogP contribution in [0, 0.1) is 0 Å². The van der Waals surface area contributed by atoms with E-state index >= 15 is 0 Å². The molecule has 0 aliphatic heterocycles. The van der Waals surface area contributed by atoms with Crippen LogP contribution in [0.1, 0.15) is 24.5 Å². The number of amides is 1. The molecule has 0 bridgehead atoms. The molecule has 2 N–H and O–H groups in total. The molecule has 0 saturated carbocycles. The zero-order valence-corrected chi connectivity index (χ0v) is 14.6. The third kappa shape index (κ3) is 4.61. The smallest absolute Gasteiger partial charge is 0.338 e. The Kier molecular flexibility index (Phi) is 5.13. The molecule has 8 nitrogen and oxygen atoms in total. The van der Waals surface area contributed by atoms with Crippen LogP contribution in [-0.2, 0) is 23.9 Å². The number of nitrogens with zero attached hydrogens (tertiary/aromatic N) is 4. The average molecular weight is 382 g/mol. The van der Waals surface area contributed by atoms with Crippen molar-refractivity contribution in [2.75, 3.05) is 18.9 Å². The minimum atomic E-state index is -4.56. The van der Waals surface area contributed by atoms with Gasteiger partial charge >= 0.3 is 6.18 Å². The monoisotopic (exact) mass is 382 g/mol. The molecule has 3 rings (SSSR count). The van der Waals surface area contributed by atoms with E-state index in [1.54, 1.807) is 11.9 Å². The van der Waals surface area contributed by atoms with Crippen LogP contribution < -0.4 is 5.32 Å². The highest BCUT2D eigenvalue weighted by molar-refractivity contribution is 5.94. The Morgan fingerprint density at radius 2 is 2.11 bits per heavy atom. The Hall–Kier alpha value is -2.95.